The van der Waals surface area contributed by atoms with Crippen LogP contribution in [0.5, 0.6) is 17.2 Å². The molecule has 1 N–H and O–H groups in total. The summed E-state index contributed by atoms with van der Waals surface area (Å²) in [5, 5.41) is 0. The van der Waals surface area contributed by atoms with E-state index >= 15 is 0 Å². The van der Waals surface area contributed by atoms with E-state index in [1.165, 1.54) is 12.1 Å². The molecule has 1 atom stereocenters. The Morgan fingerprint density at radius 3 is 2.00 bits per heavy atom. The lowest BCUT2D eigenvalue weighted by molar-refractivity contribution is 0.340. The zero-order chi connectivity index (χ0) is 20.0. The number of sulfonamides is 1. The predicted molar refractivity (Wildman–Crippen MR) is 109 cm³/mol. The Balaban J connectivity index is 1.68. The number of para-hydroxylation sites is 1. The summed E-state index contributed by atoms with van der Waals surface area (Å²) in [4.78, 5) is 0.186. The van der Waals surface area contributed by atoms with E-state index in [-0.39, 0.29) is 10.9 Å². The zero-order valence-electron chi connectivity index (χ0n) is 15.8. The van der Waals surface area contributed by atoms with Crippen molar-refractivity contribution in [1.29, 1.82) is 0 Å². The fourth-order valence-electron chi connectivity index (χ4n) is 2.70. The Morgan fingerprint density at radius 1 is 0.821 bits per heavy atom. The Bertz CT molecular complexity index is 985. The molecule has 5 nitrogen and oxygen atoms in total. The lowest BCUT2D eigenvalue weighted by Gasteiger charge is -2.15. The highest BCUT2D eigenvalue weighted by Crippen LogP contribution is 2.24. The highest BCUT2D eigenvalue weighted by atomic mass is 32.2. The molecular formula is C22H23NO4S. The van der Waals surface area contributed by atoms with Crippen LogP contribution in [0.2, 0.25) is 0 Å². The van der Waals surface area contributed by atoms with Crippen LogP contribution >= 0.6 is 0 Å². The Labute approximate surface area is 166 Å². The molecule has 1 unspecified atom stereocenters. The highest BCUT2D eigenvalue weighted by Gasteiger charge is 2.18. The van der Waals surface area contributed by atoms with Gasteiger partial charge in [0.05, 0.1) is 11.5 Å². The molecule has 146 valence electrons. The Kier molecular flexibility index (Phi) is 6.34. The van der Waals surface area contributed by atoms with Gasteiger partial charge < -0.3 is 9.47 Å². The summed E-state index contributed by atoms with van der Waals surface area (Å²) in [5.41, 5.74) is 0.857. The van der Waals surface area contributed by atoms with Gasteiger partial charge in [0, 0.05) is 6.04 Å². The van der Waals surface area contributed by atoms with E-state index in [1.54, 1.807) is 19.1 Å². The zero-order valence-corrected chi connectivity index (χ0v) is 16.6. The van der Waals surface area contributed by atoms with Gasteiger partial charge in [0.1, 0.15) is 17.2 Å². The second-order valence-electron chi connectivity index (χ2n) is 6.23. The minimum absolute atomic E-state index is 0.186. The number of ether oxygens (including phenoxy) is 2. The first-order valence-electron chi connectivity index (χ1n) is 9.06. The molecule has 0 fully saturated rings. The van der Waals surface area contributed by atoms with E-state index in [9.17, 15) is 8.42 Å². The average Bonchev–Trinajstić information content (AvgIpc) is 2.70. The molecule has 0 bridgehead atoms. The van der Waals surface area contributed by atoms with Crippen molar-refractivity contribution in [2.45, 2.75) is 24.8 Å². The van der Waals surface area contributed by atoms with Crippen LogP contribution < -0.4 is 14.2 Å². The summed E-state index contributed by atoms with van der Waals surface area (Å²) in [5.74, 6) is 2.03. The molecule has 28 heavy (non-hydrogen) atoms. The largest absolute Gasteiger partial charge is 0.494 e. The molecule has 3 aromatic carbocycles. The van der Waals surface area contributed by atoms with Gasteiger partial charge in [-0.2, -0.15) is 0 Å². The smallest absolute Gasteiger partial charge is 0.241 e. The van der Waals surface area contributed by atoms with E-state index in [0.29, 0.717) is 18.1 Å². The van der Waals surface area contributed by atoms with Crippen molar-refractivity contribution in [2.24, 2.45) is 0 Å². The topological polar surface area (TPSA) is 64.6 Å². The maximum absolute atomic E-state index is 12.7. The summed E-state index contributed by atoms with van der Waals surface area (Å²) in [6, 6.07) is 22.7. The fourth-order valence-corrected chi connectivity index (χ4v) is 3.93. The molecule has 0 spiro atoms. The van der Waals surface area contributed by atoms with Gasteiger partial charge in [-0.05, 0) is 67.9 Å². The molecule has 6 heteroatoms. The van der Waals surface area contributed by atoms with Gasteiger partial charge in [-0.25, -0.2) is 13.1 Å². The van der Waals surface area contributed by atoms with Crippen molar-refractivity contribution in [3.63, 3.8) is 0 Å². The van der Waals surface area contributed by atoms with E-state index in [4.69, 9.17) is 9.47 Å². The third-order valence-electron chi connectivity index (χ3n) is 4.14. The van der Waals surface area contributed by atoms with Crippen molar-refractivity contribution in [3.8, 4) is 17.2 Å². The third-order valence-corrected chi connectivity index (χ3v) is 5.69. The third kappa shape index (κ3) is 5.12. The van der Waals surface area contributed by atoms with Gasteiger partial charge in [-0.15, -0.1) is 0 Å². The minimum Gasteiger partial charge on any atom is -0.494 e. The Morgan fingerprint density at radius 2 is 1.39 bits per heavy atom. The standard InChI is InChI=1S/C22H23NO4S/c1-3-26-19-11-9-18(10-12-19)17(2)23-28(24,25)22-15-13-21(14-16-22)27-20-7-5-4-6-8-20/h4-17,23H,3H2,1-2H3. The minimum atomic E-state index is -3.65. The van der Waals surface area contributed by atoms with Crippen LogP contribution in [0, 0.1) is 0 Å². The second kappa shape index (κ2) is 8.91. The van der Waals surface area contributed by atoms with Crippen LogP contribution in [0.15, 0.2) is 83.8 Å². The van der Waals surface area contributed by atoms with Gasteiger partial charge >= 0.3 is 0 Å². The lowest BCUT2D eigenvalue weighted by atomic mass is 10.1. The van der Waals surface area contributed by atoms with E-state index < -0.39 is 10.0 Å². The summed E-state index contributed by atoms with van der Waals surface area (Å²) in [6.45, 7) is 4.31. The first-order valence-corrected chi connectivity index (χ1v) is 10.5. The summed E-state index contributed by atoms with van der Waals surface area (Å²) >= 11 is 0. The number of benzene rings is 3. The SMILES string of the molecule is CCOc1ccc(C(C)NS(=O)(=O)c2ccc(Oc3ccccc3)cc2)cc1. The van der Waals surface area contributed by atoms with Crippen LogP contribution in [0.25, 0.3) is 0 Å². The average molecular weight is 397 g/mol. The summed E-state index contributed by atoms with van der Waals surface area (Å²) in [6.07, 6.45) is 0. The Hall–Kier alpha value is -2.83. The van der Waals surface area contributed by atoms with Crippen molar-refractivity contribution in [3.05, 3.63) is 84.4 Å². The normalized spacial score (nSPS) is 12.4. The molecule has 0 amide bonds. The highest BCUT2D eigenvalue weighted by molar-refractivity contribution is 7.89. The molecule has 0 saturated carbocycles. The van der Waals surface area contributed by atoms with E-state index in [0.717, 1.165) is 11.3 Å². The van der Waals surface area contributed by atoms with Gasteiger partial charge in [-0.3, -0.25) is 0 Å². The predicted octanol–water partition coefficient (Wildman–Crippen LogP) is 4.92. The molecule has 0 aliphatic heterocycles. The molecule has 0 aliphatic carbocycles. The number of nitrogens with one attached hydrogen (secondary N) is 1. The molecule has 3 aromatic rings. The first-order chi connectivity index (χ1) is 13.5. The van der Waals surface area contributed by atoms with Crippen molar-refractivity contribution in [1.82, 2.24) is 4.72 Å². The fraction of sp³-hybridized carbons (Fsp3) is 0.182. The van der Waals surface area contributed by atoms with Crippen molar-refractivity contribution >= 4 is 10.0 Å². The van der Waals surface area contributed by atoms with Gasteiger partial charge in [0.15, 0.2) is 0 Å². The number of rotatable bonds is 8. The van der Waals surface area contributed by atoms with E-state index in [2.05, 4.69) is 4.72 Å². The maximum atomic E-state index is 12.7. The molecule has 0 saturated heterocycles. The second-order valence-corrected chi connectivity index (χ2v) is 7.95. The molecule has 3 rings (SSSR count). The van der Waals surface area contributed by atoms with Crippen molar-refractivity contribution in [2.75, 3.05) is 6.61 Å². The van der Waals surface area contributed by atoms with Gasteiger partial charge in [0.25, 0.3) is 0 Å². The number of hydrogen-bond acceptors (Lipinski definition) is 4. The van der Waals surface area contributed by atoms with Crippen LogP contribution in [0.1, 0.15) is 25.5 Å². The van der Waals surface area contributed by atoms with Crippen LogP contribution in [-0.4, -0.2) is 15.0 Å². The van der Waals surface area contributed by atoms with Gasteiger partial charge in [0.2, 0.25) is 10.0 Å². The van der Waals surface area contributed by atoms with Crippen LogP contribution in [0.3, 0.4) is 0 Å². The molecule has 0 radical (unpaired) electrons. The molecule has 0 aliphatic rings. The van der Waals surface area contributed by atoms with Crippen molar-refractivity contribution < 1.29 is 17.9 Å². The van der Waals surface area contributed by atoms with Crippen LogP contribution in [0.4, 0.5) is 0 Å². The quantitative estimate of drug-likeness (QED) is 0.586. The lowest BCUT2D eigenvalue weighted by Crippen LogP contribution is -2.26. The summed E-state index contributed by atoms with van der Waals surface area (Å²) in [7, 11) is -3.65. The maximum Gasteiger partial charge on any atom is 0.241 e. The first kappa shape index (κ1) is 19.9. The summed E-state index contributed by atoms with van der Waals surface area (Å²) < 4.78 is 39.2. The van der Waals surface area contributed by atoms with Gasteiger partial charge in [-0.1, -0.05) is 30.3 Å². The number of hydrogen-bond donors (Lipinski definition) is 1. The monoisotopic (exact) mass is 397 g/mol. The van der Waals surface area contributed by atoms with Crippen LogP contribution in [-0.2, 0) is 10.0 Å². The molecular weight excluding hydrogens is 374 g/mol. The molecule has 0 aromatic heterocycles. The molecule has 0 heterocycles. The van der Waals surface area contributed by atoms with E-state index in [1.807, 2.05) is 61.5 Å².